The van der Waals surface area contributed by atoms with Crippen molar-refractivity contribution in [2.24, 2.45) is 0 Å². The van der Waals surface area contributed by atoms with Crippen molar-refractivity contribution in [3.63, 3.8) is 0 Å². The summed E-state index contributed by atoms with van der Waals surface area (Å²) in [7, 11) is 0. The van der Waals surface area contributed by atoms with Gasteiger partial charge in [0.25, 0.3) is 0 Å². The molecule has 0 radical (unpaired) electrons. The fraction of sp³-hybridized carbons (Fsp3) is 0.222. The Kier molecular flexibility index (Phi) is 3.75. The largest absolute Gasteiger partial charge is 0.481 e. The average molecular weight is 235 g/mol. The third-order valence-electron chi connectivity index (χ3n) is 1.71. The van der Waals surface area contributed by atoms with Gasteiger partial charge < -0.3 is 10.2 Å². The molecule has 1 aromatic carbocycles. The van der Waals surface area contributed by atoms with Gasteiger partial charge in [0.1, 0.15) is 0 Å². The Morgan fingerprint density at radius 1 is 1.43 bits per heavy atom. The van der Waals surface area contributed by atoms with E-state index in [2.05, 4.69) is 0 Å². The summed E-state index contributed by atoms with van der Waals surface area (Å²) in [5.74, 6) is -1.09. The molecule has 76 valence electrons. The summed E-state index contributed by atoms with van der Waals surface area (Å²) in [4.78, 5) is 10.3. The average Bonchev–Trinajstić information content (AvgIpc) is 2.08. The van der Waals surface area contributed by atoms with Crippen molar-refractivity contribution in [1.82, 2.24) is 0 Å². The first-order valence-electron chi connectivity index (χ1n) is 3.86. The third-order valence-corrected chi connectivity index (χ3v) is 2.54. The van der Waals surface area contributed by atoms with Crippen molar-refractivity contribution in [3.8, 4) is 0 Å². The number of carboxylic acids is 1. The van der Waals surface area contributed by atoms with Gasteiger partial charge in [-0.15, -0.1) is 0 Å². The molecule has 0 saturated heterocycles. The summed E-state index contributed by atoms with van der Waals surface area (Å²) in [6, 6.07) is 4.72. The van der Waals surface area contributed by atoms with Crippen molar-refractivity contribution >= 4 is 29.2 Å². The molecular formula is C9H8Cl2O3. The minimum atomic E-state index is -1.13. The van der Waals surface area contributed by atoms with Gasteiger partial charge in [-0.1, -0.05) is 35.3 Å². The van der Waals surface area contributed by atoms with E-state index < -0.39 is 12.1 Å². The molecule has 1 atom stereocenters. The topological polar surface area (TPSA) is 57.5 Å². The Balaban J connectivity index is 2.95. The van der Waals surface area contributed by atoms with E-state index >= 15 is 0 Å². The number of carboxylic acid groups (broad SMARTS) is 1. The number of hydrogen-bond acceptors (Lipinski definition) is 2. The Morgan fingerprint density at radius 3 is 2.64 bits per heavy atom. The smallest absolute Gasteiger partial charge is 0.306 e. The second kappa shape index (κ2) is 4.64. The maximum atomic E-state index is 10.3. The molecule has 0 aliphatic carbocycles. The minimum absolute atomic E-state index is 0.197. The lowest BCUT2D eigenvalue weighted by atomic mass is 10.1. The lowest BCUT2D eigenvalue weighted by Crippen LogP contribution is -2.05. The molecule has 14 heavy (non-hydrogen) atoms. The monoisotopic (exact) mass is 234 g/mol. The molecule has 0 heterocycles. The summed E-state index contributed by atoms with van der Waals surface area (Å²) < 4.78 is 0. The van der Waals surface area contributed by atoms with Crippen LogP contribution < -0.4 is 0 Å². The van der Waals surface area contributed by atoms with Crippen molar-refractivity contribution in [1.29, 1.82) is 0 Å². The van der Waals surface area contributed by atoms with E-state index in [1.54, 1.807) is 18.2 Å². The van der Waals surface area contributed by atoms with Crippen molar-refractivity contribution in [2.75, 3.05) is 0 Å². The summed E-state index contributed by atoms with van der Waals surface area (Å²) in [5.41, 5.74) is 0.335. The number of hydrogen-bond donors (Lipinski definition) is 2. The van der Waals surface area contributed by atoms with Crippen LogP contribution in [0, 0.1) is 0 Å². The zero-order valence-corrected chi connectivity index (χ0v) is 8.59. The Hall–Kier alpha value is -0.770. The summed E-state index contributed by atoms with van der Waals surface area (Å²) >= 11 is 11.5. The number of aliphatic hydroxyl groups excluding tert-OH is 1. The number of aliphatic hydroxyl groups is 1. The lowest BCUT2D eigenvalue weighted by molar-refractivity contribution is -0.139. The molecule has 0 saturated carbocycles. The Labute approximate surface area is 90.9 Å². The van der Waals surface area contributed by atoms with Gasteiger partial charge in [-0.3, -0.25) is 4.79 Å². The van der Waals surface area contributed by atoms with Gasteiger partial charge in [-0.05, 0) is 6.07 Å². The van der Waals surface area contributed by atoms with E-state index in [-0.39, 0.29) is 11.4 Å². The van der Waals surface area contributed by atoms with E-state index in [0.29, 0.717) is 10.6 Å². The van der Waals surface area contributed by atoms with Gasteiger partial charge in [0.15, 0.2) is 0 Å². The first-order valence-corrected chi connectivity index (χ1v) is 4.61. The summed E-state index contributed by atoms with van der Waals surface area (Å²) in [5, 5.41) is 18.4. The molecule has 0 aliphatic rings. The molecular weight excluding hydrogens is 227 g/mol. The van der Waals surface area contributed by atoms with E-state index in [1.807, 2.05) is 0 Å². The number of halogens is 2. The fourth-order valence-corrected chi connectivity index (χ4v) is 1.49. The highest BCUT2D eigenvalue weighted by molar-refractivity contribution is 6.42. The predicted octanol–water partition coefficient (Wildman–Crippen LogP) is 2.50. The zero-order chi connectivity index (χ0) is 10.7. The highest BCUT2D eigenvalue weighted by Crippen LogP contribution is 2.31. The number of aliphatic carboxylic acids is 1. The van der Waals surface area contributed by atoms with Crippen molar-refractivity contribution in [2.45, 2.75) is 12.5 Å². The van der Waals surface area contributed by atoms with Gasteiger partial charge in [-0.25, -0.2) is 0 Å². The molecule has 0 bridgehead atoms. The Bertz CT molecular complexity index is 352. The Morgan fingerprint density at radius 2 is 2.07 bits per heavy atom. The minimum Gasteiger partial charge on any atom is -0.481 e. The number of carbonyl (C=O) groups is 1. The number of rotatable bonds is 3. The maximum absolute atomic E-state index is 10.3. The molecule has 5 heteroatoms. The van der Waals surface area contributed by atoms with Crippen molar-refractivity contribution < 1.29 is 15.0 Å². The van der Waals surface area contributed by atoms with Gasteiger partial charge >= 0.3 is 5.97 Å². The van der Waals surface area contributed by atoms with Gasteiger partial charge in [0.2, 0.25) is 0 Å². The molecule has 0 aliphatic heterocycles. The second-order valence-electron chi connectivity index (χ2n) is 2.76. The highest BCUT2D eigenvalue weighted by Gasteiger charge is 2.16. The second-order valence-corrected chi connectivity index (χ2v) is 3.54. The first kappa shape index (κ1) is 11.3. The van der Waals surface area contributed by atoms with E-state index in [1.165, 1.54) is 0 Å². The van der Waals surface area contributed by atoms with E-state index in [4.69, 9.17) is 28.3 Å². The van der Waals surface area contributed by atoms with Crippen LogP contribution in [0.4, 0.5) is 0 Å². The van der Waals surface area contributed by atoms with Crippen LogP contribution in [-0.2, 0) is 4.79 Å². The standard InChI is InChI=1S/C9H8Cl2O3/c10-6-3-1-2-5(9(6)11)7(12)4-8(13)14/h1-3,7,12H,4H2,(H,13,14)/t7-/m1/s1. The van der Waals surface area contributed by atoms with Crippen LogP contribution in [0.2, 0.25) is 10.0 Å². The molecule has 0 fully saturated rings. The van der Waals surface area contributed by atoms with Crippen LogP contribution in [0.15, 0.2) is 18.2 Å². The van der Waals surface area contributed by atoms with Crippen LogP contribution in [0.5, 0.6) is 0 Å². The molecule has 0 aromatic heterocycles. The lowest BCUT2D eigenvalue weighted by Gasteiger charge is -2.10. The molecule has 0 unspecified atom stereocenters. The SMILES string of the molecule is O=C(O)C[C@@H](O)c1cccc(Cl)c1Cl. The molecule has 0 spiro atoms. The normalized spacial score (nSPS) is 12.5. The quantitative estimate of drug-likeness (QED) is 0.846. The van der Waals surface area contributed by atoms with Gasteiger partial charge in [0, 0.05) is 5.56 Å². The zero-order valence-electron chi connectivity index (χ0n) is 7.08. The van der Waals surface area contributed by atoms with Crippen LogP contribution >= 0.6 is 23.2 Å². The van der Waals surface area contributed by atoms with Crippen LogP contribution in [0.25, 0.3) is 0 Å². The highest BCUT2D eigenvalue weighted by atomic mass is 35.5. The molecule has 2 N–H and O–H groups in total. The molecule has 0 amide bonds. The molecule has 1 rings (SSSR count). The first-order chi connectivity index (χ1) is 6.52. The summed E-state index contributed by atoms with van der Waals surface area (Å²) in [6.45, 7) is 0. The van der Waals surface area contributed by atoms with Crippen molar-refractivity contribution in [3.05, 3.63) is 33.8 Å². The number of benzene rings is 1. The maximum Gasteiger partial charge on any atom is 0.306 e. The fourth-order valence-electron chi connectivity index (χ4n) is 1.05. The van der Waals surface area contributed by atoms with Crippen LogP contribution in [0.1, 0.15) is 18.1 Å². The van der Waals surface area contributed by atoms with Gasteiger partial charge in [-0.2, -0.15) is 0 Å². The van der Waals surface area contributed by atoms with Crippen LogP contribution in [0.3, 0.4) is 0 Å². The van der Waals surface area contributed by atoms with Gasteiger partial charge in [0.05, 0.1) is 22.6 Å². The molecule has 3 nitrogen and oxygen atoms in total. The van der Waals surface area contributed by atoms with E-state index in [9.17, 15) is 9.90 Å². The summed E-state index contributed by atoms with van der Waals surface area (Å²) in [6.07, 6.45) is -1.52. The molecule has 1 aromatic rings. The van der Waals surface area contributed by atoms with Crippen LogP contribution in [-0.4, -0.2) is 16.2 Å². The predicted molar refractivity (Wildman–Crippen MR) is 53.7 cm³/mol. The van der Waals surface area contributed by atoms with E-state index in [0.717, 1.165) is 0 Å². The third kappa shape index (κ3) is 2.61.